The Morgan fingerprint density at radius 1 is 1.50 bits per heavy atom. The van der Waals surface area contributed by atoms with Crippen molar-refractivity contribution in [2.75, 3.05) is 0 Å². The zero-order chi connectivity index (χ0) is 14.5. The van der Waals surface area contributed by atoms with E-state index in [-0.39, 0.29) is 11.9 Å². The molecule has 2 aromatic heterocycles. The van der Waals surface area contributed by atoms with Crippen molar-refractivity contribution in [3.8, 4) is 0 Å². The molecule has 1 N–H and O–H groups in total. The van der Waals surface area contributed by atoms with Gasteiger partial charge in [-0.05, 0) is 25.8 Å². The molecule has 0 aliphatic rings. The van der Waals surface area contributed by atoms with Gasteiger partial charge in [0.15, 0.2) is 0 Å². The number of hydrogen-bond donors (Lipinski definition) is 1. The molecule has 2 rings (SSSR count). The van der Waals surface area contributed by atoms with Gasteiger partial charge in [-0.15, -0.1) is 0 Å². The number of nitrogens with one attached hydrogen (secondary N) is 1. The molecule has 0 fully saturated rings. The van der Waals surface area contributed by atoms with Crippen LogP contribution in [0.25, 0.3) is 0 Å². The number of carbonyl (C=O) groups is 1. The van der Waals surface area contributed by atoms with Crippen molar-refractivity contribution in [3.05, 3.63) is 36.2 Å². The molecule has 108 valence electrons. The van der Waals surface area contributed by atoms with Crippen LogP contribution in [0.2, 0.25) is 0 Å². The van der Waals surface area contributed by atoms with Gasteiger partial charge in [0.2, 0.25) is 5.91 Å². The quantitative estimate of drug-likeness (QED) is 0.872. The topological polar surface area (TPSA) is 64.7 Å². The number of imidazole rings is 1. The summed E-state index contributed by atoms with van der Waals surface area (Å²) >= 11 is 0. The average Bonchev–Trinajstić information content (AvgIpc) is 3.05. The summed E-state index contributed by atoms with van der Waals surface area (Å²) in [5.74, 6) is 0.822. The van der Waals surface area contributed by atoms with Crippen molar-refractivity contribution >= 4 is 5.91 Å². The van der Waals surface area contributed by atoms with Crippen LogP contribution < -0.4 is 5.32 Å². The summed E-state index contributed by atoms with van der Waals surface area (Å²) in [6.07, 6.45) is 8.35. The third-order valence-corrected chi connectivity index (χ3v) is 3.19. The van der Waals surface area contributed by atoms with Gasteiger partial charge in [-0.2, -0.15) is 5.10 Å². The fourth-order valence-corrected chi connectivity index (χ4v) is 2.03. The first-order valence-electron chi connectivity index (χ1n) is 6.90. The van der Waals surface area contributed by atoms with E-state index in [2.05, 4.69) is 26.9 Å². The minimum absolute atomic E-state index is 0.0563. The molecule has 0 radical (unpaired) electrons. The number of hydrogen-bond acceptors (Lipinski definition) is 3. The molecule has 0 aromatic carbocycles. The van der Waals surface area contributed by atoms with E-state index in [9.17, 15) is 4.79 Å². The number of aryl methyl sites for hydroxylation is 2. The van der Waals surface area contributed by atoms with Gasteiger partial charge in [0, 0.05) is 25.1 Å². The maximum absolute atomic E-state index is 12.1. The second-order valence-corrected chi connectivity index (χ2v) is 4.93. The Morgan fingerprint density at radius 2 is 2.30 bits per heavy atom. The van der Waals surface area contributed by atoms with Crippen molar-refractivity contribution < 1.29 is 4.79 Å². The Balaban J connectivity index is 1.93. The number of aromatic nitrogens is 4. The molecule has 2 heterocycles. The van der Waals surface area contributed by atoms with E-state index in [0.717, 1.165) is 24.4 Å². The molecule has 0 bridgehead atoms. The summed E-state index contributed by atoms with van der Waals surface area (Å²) in [4.78, 5) is 16.4. The van der Waals surface area contributed by atoms with Crippen molar-refractivity contribution in [1.29, 1.82) is 0 Å². The molecule has 0 unspecified atom stereocenters. The first kappa shape index (κ1) is 14.3. The molecule has 0 aliphatic carbocycles. The third kappa shape index (κ3) is 3.26. The Bertz CT molecular complexity index is 572. The van der Waals surface area contributed by atoms with E-state index in [1.165, 1.54) is 0 Å². The molecule has 1 atom stereocenters. The standard InChI is InChI=1S/C14H21N5O/c1-4-6-18-7-5-15-13(18)9-16-14(20)12(3)19-10-11(2)8-17-19/h5,7-8,10,12H,4,6,9H2,1-3H3,(H,16,20)/t12-/m0/s1. The van der Waals surface area contributed by atoms with Gasteiger partial charge < -0.3 is 9.88 Å². The van der Waals surface area contributed by atoms with E-state index in [1.807, 2.05) is 26.2 Å². The normalized spacial score (nSPS) is 12.3. The monoisotopic (exact) mass is 275 g/mol. The molecule has 0 spiro atoms. The van der Waals surface area contributed by atoms with Crippen LogP contribution in [-0.2, 0) is 17.9 Å². The van der Waals surface area contributed by atoms with Gasteiger partial charge in [-0.1, -0.05) is 6.92 Å². The van der Waals surface area contributed by atoms with Crippen LogP contribution in [0.3, 0.4) is 0 Å². The smallest absolute Gasteiger partial charge is 0.244 e. The van der Waals surface area contributed by atoms with E-state index in [4.69, 9.17) is 0 Å². The number of amides is 1. The van der Waals surface area contributed by atoms with Crippen LogP contribution in [0, 0.1) is 6.92 Å². The molecule has 2 aromatic rings. The van der Waals surface area contributed by atoms with Gasteiger partial charge in [0.25, 0.3) is 0 Å². The highest BCUT2D eigenvalue weighted by molar-refractivity contribution is 5.79. The molecule has 1 amide bonds. The van der Waals surface area contributed by atoms with Gasteiger partial charge in [-0.3, -0.25) is 9.48 Å². The lowest BCUT2D eigenvalue weighted by molar-refractivity contribution is -0.124. The van der Waals surface area contributed by atoms with Crippen molar-refractivity contribution in [2.45, 2.75) is 46.3 Å². The van der Waals surface area contributed by atoms with Crippen LogP contribution in [0.4, 0.5) is 0 Å². The molecule has 0 saturated heterocycles. The maximum atomic E-state index is 12.1. The molecular formula is C14H21N5O. The molecule has 6 heteroatoms. The van der Waals surface area contributed by atoms with Crippen LogP contribution in [-0.4, -0.2) is 25.2 Å². The molecular weight excluding hydrogens is 254 g/mol. The minimum atomic E-state index is -0.321. The van der Waals surface area contributed by atoms with Crippen molar-refractivity contribution in [3.63, 3.8) is 0 Å². The van der Waals surface area contributed by atoms with Crippen LogP contribution in [0.5, 0.6) is 0 Å². The lowest BCUT2D eigenvalue weighted by Crippen LogP contribution is -2.31. The summed E-state index contributed by atoms with van der Waals surface area (Å²) in [7, 11) is 0. The van der Waals surface area contributed by atoms with Crippen molar-refractivity contribution in [1.82, 2.24) is 24.6 Å². The zero-order valence-corrected chi connectivity index (χ0v) is 12.2. The van der Waals surface area contributed by atoms with E-state index >= 15 is 0 Å². The predicted octanol–water partition coefficient (Wildman–Crippen LogP) is 1.68. The van der Waals surface area contributed by atoms with Crippen molar-refractivity contribution in [2.24, 2.45) is 0 Å². The molecule has 0 saturated carbocycles. The number of rotatable bonds is 6. The van der Waals surface area contributed by atoms with Gasteiger partial charge in [-0.25, -0.2) is 4.98 Å². The molecule has 6 nitrogen and oxygen atoms in total. The molecule has 0 aliphatic heterocycles. The highest BCUT2D eigenvalue weighted by Gasteiger charge is 2.15. The lowest BCUT2D eigenvalue weighted by Gasteiger charge is -2.13. The maximum Gasteiger partial charge on any atom is 0.244 e. The fraction of sp³-hybridized carbons (Fsp3) is 0.500. The first-order valence-corrected chi connectivity index (χ1v) is 6.90. The van der Waals surface area contributed by atoms with Crippen LogP contribution >= 0.6 is 0 Å². The highest BCUT2D eigenvalue weighted by atomic mass is 16.2. The van der Waals surface area contributed by atoms with E-state index in [0.29, 0.717) is 6.54 Å². The van der Waals surface area contributed by atoms with E-state index in [1.54, 1.807) is 17.1 Å². The third-order valence-electron chi connectivity index (χ3n) is 3.19. The second kappa shape index (κ2) is 6.36. The molecule has 20 heavy (non-hydrogen) atoms. The number of nitrogens with zero attached hydrogens (tertiary/aromatic N) is 4. The van der Waals surface area contributed by atoms with Crippen LogP contribution in [0.1, 0.15) is 37.7 Å². The SMILES string of the molecule is CCCn1ccnc1CNC(=O)[C@H](C)n1cc(C)cn1. The Labute approximate surface area is 118 Å². The zero-order valence-electron chi connectivity index (χ0n) is 12.2. The summed E-state index contributed by atoms with van der Waals surface area (Å²) in [6.45, 7) is 7.26. The predicted molar refractivity (Wildman–Crippen MR) is 76.0 cm³/mol. The first-order chi connectivity index (χ1) is 9.61. The Morgan fingerprint density at radius 3 is 2.95 bits per heavy atom. The Kier molecular flexibility index (Phi) is 4.55. The van der Waals surface area contributed by atoms with Gasteiger partial charge in [0.1, 0.15) is 11.9 Å². The van der Waals surface area contributed by atoms with Gasteiger partial charge in [0.05, 0.1) is 12.7 Å². The second-order valence-electron chi connectivity index (χ2n) is 4.93. The number of carbonyl (C=O) groups excluding carboxylic acids is 1. The summed E-state index contributed by atoms with van der Waals surface area (Å²) in [6, 6.07) is -0.321. The average molecular weight is 275 g/mol. The van der Waals surface area contributed by atoms with Crippen LogP contribution in [0.15, 0.2) is 24.8 Å². The van der Waals surface area contributed by atoms with Gasteiger partial charge >= 0.3 is 0 Å². The lowest BCUT2D eigenvalue weighted by atomic mass is 10.3. The van der Waals surface area contributed by atoms with E-state index < -0.39 is 0 Å². The largest absolute Gasteiger partial charge is 0.347 e. The Hall–Kier alpha value is -2.11. The summed E-state index contributed by atoms with van der Waals surface area (Å²) in [5, 5.41) is 7.07. The highest BCUT2D eigenvalue weighted by Crippen LogP contribution is 2.06. The fourth-order valence-electron chi connectivity index (χ4n) is 2.03. The summed E-state index contributed by atoms with van der Waals surface area (Å²) in [5.41, 5.74) is 1.04. The minimum Gasteiger partial charge on any atom is -0.347 e. The summed E-state index contributed by atoms with van der Waals surface area (Å²) < 4.78 is 3.73.